The molecule has 0 aliphatic carbocycles. The lowest BCUT2D eigenvalue weighted by atomic mass is 10.1. The van der Waals surface area contributed by atoms with Gasteiger partial charge in [-0.05, 0) is 24.6 Å². The first-order valence-corrected chi connectivity index (χ1v) is 8.34. The van der Waals surface area contributed by atoms with Crippen molar-refractivity contribution in [2.75, 3.05) is 18.1 Å². The molecule has 0 unspecified atom stereocenters. The summed E-state index contributed by atoms with van der Waals surface area (Å²) in [6.07, 6.45) is 1.32. The fourth-order valence-electron chi connectivity index (χ4n) is 2.73. The Balaban J connectivity index is 1.68. The van der Waals surface area contributed by atoms with Crippen molar-refractivity contribution in [1.82, 2.24) is 0 Å². The molecule has 7 nitrogen and oxygen atoms in total. The van der Waals surface area contributed by atoms with Crippen LogP contribution in [-0.2, 0) is 4.79 Å². The van der Waals surface area contributed by atoms with E-state index in [9.17, 15) is 19.7 Å². The first-order chi connectivity index (χ1) is 12.5. The molecule has 0 atom stereocenters. The molecule has 1 aliphatic heterocycles. The van der Waals surface area contributed by atoms with Crippen LogP contribution >= 0.6 is 11.6 Å². The van der Waals surface area contributed by atoms with E-state index in [1.165, 1.54) is 18.2 Å². The van der Waals surface area contributed by atoms with Gasteiger partial charge in [0.1, 0.15) is 10.8 Å². The predicted octanol–water partition coefficient (Wildman–Crippen LogP) is 3.64. The molecular weight excluding hydrogens is 360 g/mol. The van der Waals surface area contributed by atoms with Crippen LogP contribution in [0.15, 0.2) is 42.5 Å². The number of ketones is 1. The highest BCUT2D eigenvalue weighted by atomic mass is 35.5. The van der Waals surface area contributed by atoms with Gasteiger partial charge in [-0.1, -0.05) is 23.7 Å². The number of benzene rings is 2. The third-order valence-corrected chi connectivity index (χ3v) is 4.34. The van der Waals surface area contributed by atoms with Gasteiger partial charge in [0, 0.05) is 36.3 Å². The van der Waals surface area contributed by atoms with E-state index in [2.05, 4.69) is 0 Å². The quantitative estimate of drug-likeness (QED) is 0.437. The van der Waals surface area contributed by atoms with Crippen LogP contribution in [0.4, 0.5) is 11.4 Å². The summed E-state index contributed by atoms with van der Waals surface area (Å²) in [6, 6.07) is 10.7. The fraction of sp³-hybridized carbons (Fsp3) is 0.222. The lowest BCUT2D eigenvalue weighted by molar-refractivity contribution is -0.384. The summed E-state index contributed by atoms with van der Waals surface area (Å²) >= 11 is 5.82. The predicted molar refractivity (Wildman–Crippen MR) is 96.0 cm³/mol. The van der Waals surface area contributed by atoms with Gasteiger partial charge >= 0.3 is 0 Å². The number of Topliss-reactive ketones (excluding diaryl/α,β-unsaturated/α-hetero) is 1. The molecule has 26 heavy (non-hydrogen) atoms. The van der Waals surface area contributed by atoms with Crippen molar-refractivity contribution in [3.8, 4) is 5.75 Å². The minimum Gasteiger partial charge on any atom is -0.485 e. The van der Waals surface area contributed by atoms with E-state index in [0.29, 0.717) is 24.2 Å². The van der Waals surface area contributed by atoms with E-state index in [1.54, 1.807) is 29.2 Å². The van der Waals surface area contributed by atoms with Crippen molar-refractivity contribution in [3.63, 3.8) is 0 Å². The first-order valence-electron chi connectivity index (χ1n) is 7.96. The summed E-state index contributed by atoms with van der Waals surface area (Å²) in [4.78, 5) is 36.0. The second-order valence-electron chi connectivity index (χ2n) is 5.78. The molecule has 0 radical (unpaired) electrons. The first kappa shape index (κ1) is 17.9. The Hall–Kier alpha value is -2.93. The Labute approximate surface area is 154 Å². The SMILES string of the molecule is O=C(COc1ccc([N+](=O)[O-])c(Cl)c1)c1cccc(N2CCCC2=O)c1. The third kappa shape index (κ3) is 3.83. The van der Waals surface area contributed by atoms with Gasteiger partial charge in [0.15, 0.2) is 12.4 Å². The summed E-state index contributed by atoms with van der Waals surface area (Å²) < 4.78 is 5.39. The maximum Gasteiger partial charge on any atom is 0.288 e. The molecule has 1 amide bonds. The normalized spacial score (nSPS) is 13.7. The number of nitro benzene ring substituents is 1. The Kier molecular flexibility index (Phi) is 5.18. The van der Waals surface area contributed by atoms with Crippen molar-refractivity contribution >= 4 is 34.7 Å². The number of hydrogen-bond donors (Lipinski definition) is 0. The average Bonchev–Trinajstić information content (AvgIpc) is 3.05. The number of carbonyl (C=O) groups excluding carboxylic acids is 2. The van der Waals surface area contributed by atoms with Crippen molar-refractivity contribution in [1.29, 1.82) is 0 Å². The van der Waals surface area contributed by atoms with Crippen molar-refractivity contribution in [2.24, 2.45) is 0 Å². The Morgan fingerprint density at radius 1 is 1.27 bits per heavy atom. The molecule has 0 aromatic heterocycles. The monoisotopic (exact) mass is 374 g/mol. The number of nitrogens with zero attached hydrogens (tertiary/aromatic N) is 2. The zero-order valence-electron chi connectivity index (χ0n) is 13.7. The van der Waals surface area contributed by atoms with Gasteiger partial charge in [-0.15, -0.1) is 0 Å². The molecule has 8 heteroatoms. The minimum atomic E-state index is -0.595. The van der Waals surface area contributed by atoms with E-state index in [1.807, 2.05) is 0 Å². The van der Waals surface area contributed by atoms with Crippen LogP contribution in [0, 0.1) is 10.1 Å². The second kappa shape index (κ2) is 7.53. The Bertz CT molecular complexity index is 884. The third-order valence-electron chi connectivity index (χ3n) is 4.04. The molecule has 3 rings (SSSR count). The lowest BCUT2D eigenvalue weighted by Crippen LogP contribution is -2.24. The molecule has 1 aliphatic rings. The van der Waals surface area contributed by atoms with Gasteiger partial charge in [-0.3, -0.25) is 19.7 Å². The van der Waals surface area contributed by atoms with Crippen LogP contribution in [0.2, 0.25) is 5.02 Å². The van der Waals surface area contributed by atoms with E-state index < -0.39 is 4.92 Å². The topological polar surface area (TPSA) is 89.8 Å². The molecule has 0 saturated carbocycles. The highest BCUT2D eigenvalue weighted by molar-refractivity contribution is 6.32. The zero-order valence-corrected chi connectivity index (χ0v) is 14.4. The van der Waals surface area contributed by atoms with E-state index in [4.69, 9.17) is 16.3 Å². The molecule has 2 aromatic rings. The number of halogens is 1. The highest BCUT2D eigenvalue weighted by Gasteiger charge is 2.22. The van der Waals surface area contributed by atoms with Crippen molar-refractivity contribution in [2.45, 2.75) is 12.8 Å². The average molecular weight is 375 g/mol. The number of nitro groups is 1. The summed E-state index contributed by atoms with van der Waals surface area (Å²) in [7, 11) is 0. The second-order valence-corrected chi connectivity index (χ2v) is 6.19. The van der Waals surface area contributed by atoms with Crippen LogP contribution in [0.25, 0.3) is 0 Å². The number of ether oxygens (including phenoxy) is 1. The van der Waals surface area contributed by atoms with Gasteiger partial charge in [0.25, 0.3) is 5.69 Å². The van der Waals surface area contributed by atoms with E-state index >= 15 is 0 Å². The number of carbonyl (C=O) groups is 2. The molecule has 1 heterocycles. The standard InChI is InChI=1S/C18H15ClN2O5/c19-15-10-14(6-7-16(15)21(24)25)26-11-17(22)12-3-1-4-13(9-12)20-8-2-5-18(20)23/h1,3-4,6-7,9-10H,2,5,8,11H2. The van der Waals surface area contributed by atoms with Gasteiger partial charge < -0.3 is 9.64 Å². The number of hydrogen-bond acceptors (Lipinski definition) is 5. The van der Waals surface area contributed by atoms with Gasteiger partial charge in [0.2, 0.25) is 5.91 Å². The highest BCUT2D eigenvalue weighted by Crippen LogP contribution is 2.28. The number of anilines is 1. The van der Waals surface area contributed by atoms with Crippen molar-refractivity contribution < 1.29 is 19.2 Å². The van der Waals surface area contributed by atoms with Gasteiger partial charge in [-0.25, -0.2) is 0 Å². The molecule has 1 saturated heterocycles. The maximum atomic E-state index is 12.4. The van der Waals surface area contributed by atoms with Crippen molar-refractivity contribution in [3.05, 3.63) is 63.2 Å². The molecule has 1 fully saturated rings. The molecule has 2 aromatic carbocycles. The van der Waals surface area contributed by atoms with Crippen LogP contribution in [0.3, 0.4) is 0 Å². The zero-order chi connectivity index (χ0) is 18.7. The maximum absolute atomic E-state index is 12.4. The van der Waals surface area contributed by atoms with Crippen LogP contribution in [-0.4, -0.2) is 29.8 Å². The number of amides is 1. The summed E-state index contributed by atoms with van der Waals surface area (Å²) in [5.74, 6) is 0.0409. The van der Waals surface area contributed by atoms with Gasteiger partial charge in [0.05, 0.1) is 4.92 Å². The summed E-state index contributed by atoms with van der Waals surface area (Å²) in [5, 5.41) is 10.7. The Morgan fingerprint density at radius 2 is 2.08 bits per heavy atom. The van der Waals surface area contributed by atoms with Crippen LogP contribution in [0.5, 0.6) is 5.75 Å². The smallest absolute Gasteiger partial charge is 0.288 e. The lowest BCUT2D eigenvalue weighted by Gasteiger charge is -2.16. The molecule has 0 spiro atoms. The molecular formula is C18H15ClN2O5. The molecule has 0 N–H and O–H groups in total. The summed E-state index contributed by atoms with van der Waals surface area (Å²) in [6.45, 7) is 0.403. The van der Waals surface area contributed by atoms with E-state index in [-0.39, 0.29) is 34.8 Å². The minimum absolute atomic E-state index is 0.0476. The molecule has 0 bridgehead atoms. The van der Waals surface area contributed by atoms with Crippen LogP contribution < -0.4 is 9.64 Å². The number of rotatable bonds is 6. The fourth-order valence-corrected chi connectivity index (χ4v) is 2.97. The van der Waals surface area contributed by atoms with Gasteiger partial charge in [-0.2, -0.15) is 0 Å². The van der Waals surface area contributed by atoms with E-state index in [0.717, 1.165) is 6.42 Å². The molecule has 134 valence electrons. The Morgan fingerprint density at radius 3 is 2.73 bits per heavy atom. The largest absolute Gasteiger partial charge is 0.485 e. The summed E-state index contributed by atoms with van der Waals surface area (Å²) in [5.41, 5.74) is 0.889. The van der Waals surface area contributed by atoms with Crippen LogP contribution in [0.1, 0.15) is 23.2 Å².